The lowest BCUT2D eigenvalue weighted by atomic mass is 9.47. The van der Waals surface area contributed by atoms with E-state index in [4.69, 9.17) is 4.74 Å². The van der Waals surface area contributed by atoms with E-state index in [2.05, 4.69) is 19.9 Å². The van der Waals surface area contributed by atoms with Crippen molar-refractivity contribution in [2.24, 2.45) is 28.6 Å². The molecule has 0 amide bonds. The molecule has 5 nitrogen and oxygen atoms in total. The van der Waals surface area contributed by atoms with Crippen LogP contribution in [0.5, 0.6) is 0 Å². The minimum absolute atomic E-state index is 0.0813. The highest BCUT2D eigenvalue weighted by Gasteiger charge is 2.61. The molecule has 0 aromatic heterocycles. The van der Waals surface area contributed by atoms with Crippen molar-refractivity contribution in [3.05, 3.63) is 11.6 Å². The van der Waals surface area contributed by atoms with Gasteiger partial charge in [-0.25, -0.2) is 0 Å². The number of ether oxygens (including phenoxy) is 1. The van der Waals surface area contributed by atoms with Crippen LogP contribution in [0.2, 0.25) is 0 Å². The van der Waals surface area contributed by atoms with Crippen LogP contribution >= 0.6 is 0 Å². The van der Waals surface area contributed by atoms with E-state index < -0.39 is 24.4 Å². The van der Waals surface area contributed by atoms with Gasteiger partial charge in [0.25, 0.3) is 0 Å². The Labute approximate surface area is 155 Å². The minimum Gasteiger partial charge on any atom is -0.455 e. The van der Waals surface area contributed by atoms with E-state index in [1.54, 1.807) is 0 Å². The molecule has 26 heavy (non-hydrogen) atoms. The van der Waals surface area contributed by atoms with E-state index in [1.807, 2.05) is 0 Å². The molecule has 0 aromatic carbocycles. The number of fused-ring (bicyclic) bond motifs is 5. The highest BCUT2D eigenvalue weighted by atomic mass is 16.6. The van der Waals surface area contributed by atoms with Gasteiger partial charge in [-0.1, -0.05) is 19.9 Å². The van der Waals surface area contributed by atoms with Crippen LogP contribution in [0.25, 0.3) is 0 Å². The number of esters is 1. The van der Waals surface area contributed by atoms with Crippen molar-refractivity contribution in [2.75, 3.05) is 0 Å². The molecule has 146 valence electrons. The van der Waals surface area contributed by atoms with Crippen LogP contribution in [0.3, 0.4) is 0 Å². The molecule has 3 fully saturated rings. The van der Waals surface area contributed by atoms with Crippen molar-refractivity contribution >= 4 is 5.97 Å². The maximum absolute atomic E-state index is 11.6. The Morgan fingerprint density at radius 3 is 2.54 bits per heavy atom. The van der Waals surface area contributed by atoms with Gasteiger partial charge in [0.15, 0.2) is 0 Å². The lowest BCUT2D eigenvalue weighted by Crippen LogP contribution is -2.54. The normalized spacial score (nSPS) is 53.2. The zero-order valence-corrected chi connectivity index (χ0v) is 16.0. The number of aliphatic hydroxyl groups excluding tert-OH is 3. The largest absolute Gasteiger partial charge is 0.455 e. The fraction of sp³-hybridized carbons (Fsp3) is 0.857. The van der Waals surface area contributed by atoms with E-state index in [0.29, 0.717) is 30.6 Å². The summed E-state index contributed by atoms with van der Waals surface area (Å²) in [5.74, 6) is 0.852. The van der Waals surface area contributed by atoms with E-state index in [9.17, 15) is 20.1 Å². The number of hydrogen-bond acceptors (Lipinski definition) is 5. The zero-order chi connectivity index (χ0) is 18.9. The number of aliphatic hydroxyl groups is 3. The van der Waals surface area contributed by atoms with Gasteiger partial charge < -0.3 is 20.1 Å². The SMILES string of the molecule is CC(=O)O[C@@H]1C2=CC[C@H]3[C@@H]4C[C@@H](O)[C@H](O)[C@@]4(C)CC[C@@H]3[C@@]2(C)CC[C@@H]1O. The van der Waals surface area contributed by atoms with Gasteiger partial charge in [0.05, 0.1) is 18.3 Å². The highest BCUT2D eigenvalue weighted by Crippen LogP contribution is 2.65. The summed E-state index contributed by atoms with van der Waals surface area (Å²) in [5, 5.41) is 31.3. The number of carbonyl (C=O) groups excluding carboxylic acids is 1. The number of allylic oxidation sites excluding steroid dienone is 1. The fourth-order valence-corrected chi connectivity index (χ4v) is 7.00. The lowest BCUT2D eigenvalue weighted by Gasteiger charge is -2.58. The molecule has 0 unspecified atom stereocenters. The van der Waals surface area contributed by atoms with Crippen LogP contribution in [0.4, 0.5) is 0 Å². The van der Waals surface area contributed by atoms with Gasteiger partial charge >= 0.3 is 5.97 Å². The number of carbonyl (C=O) groups is 1. The second-order valence-electron chi connectivity index (χ2n) is 9.62. The Balaban J connectivity index is 1.69. The summed E-state index contributed by atoms with van der Waals surface area (Å²) in [5.41, 5.74) is 0.809. The van der Waals surface area contributed by atoms with E-state index in [-0.39, 0.29) is 16.8 Å². The van der Waals surface area contributed by atoms with Crippen LogP contribution in [0.15, 0.2) is 11.6 Å². The smallest absolute Gasteiger partial charge is 0.303 e. The van der Waals surface area contributed by atoms with E-state index >= 15 is 0 Å². The summed E-state index contributed by atoms with van der Waals surface area (Å²) >= 11 is 0. The molecule has 3 saturated carbocycles. The van der Waals surface area contributed by atoms with Crippen molar-refractivity contribution in [1.82, 2.24) is 0 Å². The molecular weight excluding hydrogens is 332 g/mol. The minimum atomic E-state index is -0.631. The van der Waals surface area contributed by atoms with Gasteiger partial charge in [0, 0.05) is 6.92 Å². The van der Waals surface area contributed by atoms with Crippen LogP contribution in [0, 0.1) is 28.6 Å². The van der Waals surface area contributed by atoms with Crippen LogP contribution in [-0.2, 0) is 9.53 Å². The molecular formula is C21H32O5. The Hall–Kier alpha value is -0.910. The molecule has 0 spiro atoms. The van der Waals surface area contributed by atoms with Crippen molar-refractivity contribution in [3.63, 3.8) is 0 Å². The molecule has 0 radical (unpaired) electrons. The molecule has 4 aliphatic carbocycles. The molecule has 0 heterocycles. The van der Waals surface area contributed by atoms with Gasteiger partial charge in [-0.05, 0) is 72.7 Å². The lowest BCUT2D eigenvalue weighted by molar-refractivity contribution is -0.155. The first-order valence-electron chi connectivity index (χ1n) is 10.1. The topological polar surface area (TPSA) is 87.0 Å². The molecule has 0 aromatic rings. The standard InChI is InChI=1S/C21H32O5/c1-11(22)26-18-14-5-4-12-13(20(14,2)9-7-16(18)23)6-8-21(3)15(12)10-17(24)19(21)25/h5,12-13,15-19,23-25H,4,6-10H2,1-3H3/t12-,13+,15+,16+,17-,18-,19+,20-,21+/m1/s1. The molecule has 4 aliphatic rings. The monoisotopic (exact) mass is 364 g/mol. The molecule has 5 heteroatoms. The van der Waals surface area contributed by atoms with Gasteiger partial charge in [-0.15, -0.1) is 0 Å². The predicted molar refractivity (Wildman–Crippen MR) is 96.0 cm³/mol. The predicted octanol–water partition coefficient (Wildman–Crippen LogP) is 2.18. The molecule has 4 rings (SSSR count). The van der Waals surface area contributed by atoms with Gasteiger partial charge in [0.2, 0.25) is 0 Å². The van der Waals surface area contributed by atoms with Gasteiger partial charge in [-0.2, -0.15) is 0 Å². The van der Waals surface area contributed by atoms with Crippen LogP contribution in [-0.4, -0.2) is 45.7 Å². The highest BCUT2D eigenvalue weighted by molar-refractivity contribution is 5.66. The Morgan fingerprint density at radius 2 is 1.85 bits per heavy atom. The summed E-state index contributed by atoms with van der Waals surface area (Å²) in [4.78, 5) is 11.6. The summed E-state index contributed by atoms with van der Waals surface area (Å²) in [6, 6.07) is 0. The Morgan fingerprint density at radius 1 is 1.12 bits per heavy atom. The molecule has 0 saturated heterocycles. The first kappa shape index (κ1) is 18.5. The molecule has 0 bridgehead atoms. The molecule has 9 atom stereocenters. The maximum Gasteiger partial charge on any atom is 0.303 e. The molecule has 3 N–H and O–H groups in total. The zero-order valence-electron chi connectivity index (χ0n) is 16.0. The van der Waals surface area contributed by atoms with Crippen molar-refractivity contribution < 1.29 is 24.9 Å². The second kappa shape index (κ2) is 6.05. The van der Waals surface area contributed by atoms with E-state index in [0.717, 1.165) is 31.3 Å². The van der Waals surface area contributed by atoms with E-state index in [1.165, 1.54) is 6.92 Å². The summed E-state index contributed by atoms with van der Waals surface area (Å²) in [6.45, 7) is 5.81. The maximum atomic E-state index is 11.6. The van der Waals surface area contributed by atoms with Crippen molar-refractivity contribution in [1.29, 1.82) is 0 Å². The number of hydrogen-bond donors (Lipinski definition) is 3. The van der Waals surface area contributed by atoms with Crippen LogP contribution in [0.1, 0.15) is 59.3 Å². The third kappa shape index (κ3) is 2.43. The van der Waals surface area contributed by atoms with Gasteiger partial charge in [0.1, 0.15) is 6.10 Å². The fourth-order valence-electron chi connectivity index (χ4n) is 7.00. The third-order valence-corrected chi connectivity index (χ3v) is 8.41. The quantitative estimate of drug-likeness (QED) is 0.490. The number of rotatable bonds is 1. The average Bonchev–Trinajstić information content (AvgIpc) is 2.81. The summed E-state index contributed by atoms with van der Waals surface area (Å²) in [6.07, 6.45) is 4.80. The average molecular weight is 364 g/mol. The Bertz CT molecular complexity index is 630. The summed E-state index contributed by atoms with van der Waals surface area (Å²) in [7, 11) is 0. The third-order valence-electron chi connectivity index (χ3n) is 8.41. The first-order chi connectivity index (χ1) is 12.2. The molecule has 0 aliphatic heterocycles. The van der Waals surface area contributed by atoms with Crippen molar-refractivity contribution in [3.8, 4) is 0 Å². The first-order valence-corrected chi connectivity index (χ1v) is 10.1. The van der Waals surface area contributed by atoms with Crippen LogP contribution < -0.4 is 0 Å². The van der Waals surface area contributed by atoms with Crippen molar-refractivity contribution in [2.45, 2.75) is 83.7 Å². The Kier molecular flexibility index (Phi) is 4.29. The second-order valence-corrected chi connectivity index (χ2v) is 9.62. The van der Waals surface area contributed by atoms with Gasteiger partial charge in [-0.3, -0.25) is 4.79 Å². The summed E-state index contributed by atoms with van der Waals surface area (Å²) < 4.78 is 5.52.